The molecule has 88 valence electrons. The van der Waals surface area contributed by atoms with E-state index in [0.29, 0.717) is 0 Å². The van der Waals surface area contributed by atoms with E-state index in [1.165, 1.54) is 14.6 Å². The number of aromatic nitrogens is 1. The summed E-state index contributed by atoms with van der Waals surface area (Å²) in [5.74, 6) is 0.876. The molecule has 17 heavy (non-hydrogen) atoms. The van der Waals surface area contributed by atoms with Crippen LogP contribution in [0.25, 0.3) is 15.7 Å². The summed E-state index contributed by atoms with van der Waals surface area (Å²) in [6, 6.07) is 9.16. The topological polar surface area (TPSA) is 18.5 Å². The van der Waals surface area contributed by atoms with Crippen molar-refractivity contribution in [1.82, 2.24) is 4.57 Å². The van der Waals surface area contributed by atoms with Gasteiger partial charge in [-0.3, -0.25) is 0 Å². The Balaban J connectivity index is 2.83. The highest BCUT2D eigenvalue weighted by Crippen LogP contribution is 2.29. The zero-order chi connectivity index (χ0) is 12.4. The smallest absolute Gasteiger partial charge is 0.314 e. The molecule has 0 spiro atoms. The fraction of sp³-hybridized carbons (Fsp3) is 0.308. The number of hydrogen-bond acceptors (Lipinski definition) is 1. The zero-order valence-corrected chi connectivity index (χ0v) is 12.3. The molecule has 0 N–H and O–H groups in total. The highest BCUT2D eigenvalue weighted by Gasteiger charge is 2.16. The normalized spacial score (nSPS) is 10.1. The van der Waals surface area contributed by atoms with E-state index in [1.807, 2.05) is 6.07 Å². The second kappa shape index (κ2) is 4.96. The summed E-state index contributed by atoms with van der Waals surface area (Å²) >= 11 is 2.34. The number of benzene rings is 1. The summed E-state index contributed by atoms with van der Waals surface area (Å²) in [6.07, 6.45) is 0. The molecule has 1 heterocycles. The van der Waals surface area contributed by atoms with E-state index in [0.717, 1.165) is 17.9 Å². The van der Waals surface area contributed by atoms with Crippen molar-refractivity contribution in [3.8, 4) is 11.8 Å². The van der Waals surface area contributed by atoms with E-state index in [4.69, 9.17) is 4.74 Å². The van der Waals surface area contributed by atoms with Crippen LogP contribution in [-0.4, -0.2) is 18.7 Å². The minimum absolute atomic E-state index is 0.876. The van der Waals surface area contributed by atoms with Crippen molar-refractivity contribution >= 4 is 33.5 Å². The van der Waals surface area contributed by atoms with Crippen LogP contribution in [0.15, 0.2) is 18.2 Å². The maximum Gasteiger partial charge on any atom is 0.314 e. The van der Waals surface area contributed by atoms with Crippen molar-refractivity contribution in [2.24, 2.45) is 0 Å². The summed E-state index contributed by atoms with van der Waals surface area (Å²) < 4.78 is 8.68. The third-order valence-corrected chi connectivity index (χ3v) is 3.87. The molecule has 0 aliphatic carbocycles. The van der Waals surface area contributed by atoms with Gasteiger partial charge in [-0.25, -0.2) is 0 Å². The molecule has 0 saturated carbocycles. The van der Waals surface area contributed by atoms with Crippen LogP contribution in [0.3, 0.4) is 0 Å². The first-order chi connectivity index (χ1) is 8.22. The lowest BCUT2D eigenvalue weighted by atomic mass is 10.2. The Bertz CT molecular complexity index is 620. The van der Waals surface area contributed by atoms with Crippen molar-refractivity contribution in [3.05, 3.63) is 32.3 Å². The standard InChI is InChI=1S/C13H14IN2O/c1-4-16-12-7-9(17-3)5-6-10(12)11(8-15-2)13(16)14/h5-7H,4H2,1-3H3/q+1. The number of fused-ring (bicyclic) bond motifs is 1. The van der Waals surface area contributed by atoms with E-state index in [1.54, 1.807) is 14.2 Å². The summed E-state index contributed by atoms with van der Waals surface area (Å²) in [5.41, 5.74) is 2.23. The number of nitrogens with zero attached hydrogens (tertiary/aromatic N) is 2. The predicted octanol–water partition coefficient (Wildman–Crippen LogP) is 3.59. The molecule has 1 aromatic carbocycles. The molecule has 0 atom stereocenters. The Morgan fingerprint density at radius 2 is 2.24 bits per heavy atom. The van der Waals surface area contributed by atoms with Crippen molar-refractivity contribution in [2.75, 3.05) is 14.2 Å². The Morgan fingerprint density at radius 1 is 1.47 bits per heavy atom. The van der Waals surface area contributed by atoms with Gasteiger partial charge < -0.3 is 9.30 Å². The molecule has 0 aliphatic heterocycles. The van der Waals surface area contributed by atoms with Gasteiger partial charge in [0.1, 0.15) is 15.0 Å². The molecule has 1 aromatic heterocycles. The number of hydrogen-bond donors (Lipinski definition) is 0. The van der Waals surface area contributed by atoms with Crippen molar-refractivity contribution in [2.45, 2.75) is 13.5 Å². The third kappa shape index (κ3) is 2.00. The first-order valence-electron chi connectivity index (χ1n) is 5.43. The molecule has 0 fully saturated rings. The zero-order valence-electron chi connectivity index (χ0n) is 10.1. The SMILES string of the molecule is CCn1c(I)c(C#[N+]C)c2ccc(OC)cc21. The fourth-order valence-corrected chi connectivity index (χ4v) is 2.96. The van der Waals surface area contributed by atoms with Crippen LogP contribution < -0.4 is 4.74 Å². The van der Waals surface area contributed by atoms with Gasteiger partial charge in [0.25, 0.3) is 7.05 Å². The van der Waals surface area contributed by atoms with Crippen LogP contribution >= 0.6 is 22.6 Å². The second-order valence-corrected chi connectivity index (χ2v) is 4.65. The summed E-state index contributed by atoms with van der Waals surface area (Å²) in [6.45, 7) is 3.06. The van der Waals surface area contributed by atoms with Crippen LogP contribution in [0.1, 0.15) is 12.5 Å². The summed E-state index contributed by atoms with van der Waals surface area (Å²) in [7, 11) is 3.43. The van der Waals surface area contributed by atoms with Gasteiger partial charge in [0.2, 0.25) is 0 Å². The van der Waals surface area contributed by atoms with Crippen LogP contribution in [-0.2, 0) is 6.54 Å². The lowest BCUT2D eigenvalue weighted by Crippen LogP contribution is -1.96. The highest BCUT2D eigenvalue weighted by atomic mass is 127. The average molecular weight is 341 g/mol. The quantitative estimate of drug-likeness (QED) is 0.764. The fourth-order valence-electron chi connectivity index (χ4n) is 1.95. The van der Waals surface area contributed by atoms with Crippen LogP contribution in [0.4, 0.5) is 0 Å². The van der Waals surface area contributed by atoms with Crippen molar-refractivity contribution < 1.29 is 4.74 Å². The van der Waals surface area contributed by atoms with E-state index < -0.39 is 0 Å². The molecule has 2 rings (SSSR count). The monoisotopic (exact) mass is 341 g/mol. The van der Waals surface area contributed by atoms with Crippen LogP contribution in [0.5, 0.6) is 5.75 Å². The van der Waals surface area contributed by atoms with Crippen LogP contribution in [0, 0.1) is 9.77 Å². The largest absolute Gasteiger partial charge is 0.497 e. The molecule has 0 unspecified atom stereocenters. The molecule has 0 radical (unpaired) electrons. The van der Waals surface area contributed by atoms with Crippen molar-refractivity contribution in [3.63, 3.8) is 0 Å². The van der Waals surface area contributed by atoms with E-state index in [9.17, 15) is 0 Å². The van der Waals surface area contributed by atoms with E-state index >= 15 is 0 Å². The minimum Gasteiger partial charge on any atom is -0.497 e. The lowest BCUT2D eigenvalue weighted by Gasteiger charge is -2.04. The molecule has 0 bridgehead atoms. The van der Waals surface area contributed by atoms with Crippen LogP contribution in [0.2, 0.25) is 0 Å². The van der Waals surface area contributed by atoms with Crippen molar-refractivity contribution in [1.29, 1.82) is 0 Å². The number of ether oxygens (including phenoxy) is 1. The maximum absolute atomic E-state index is 5.27. The number of halogens is 1. The Kier molecular flexibility index (Phi) is 3.57. The van der Waals surface area contributed by atoms with Gasteiger partial charge in [0.05, 0.1) is 12.6 Å². The predicted molar refractivity (Wildman–Crippen MR) is 79.2 cm³/mol. The van der Waals surface area contributed by atoms with Gasteiger partial charge in [0.15, 0.2) is 0 Å². The Hall–Kier alpha value is -1.22. The third-order valence-electron chi connectivity index (χ3n) is 2.75. The Morgan fingerprint density at radius 3 is 2.82 bits per heavy atom. The van der Waals surface area contributed by atoms with Gasteiger partial charge in [-0.2, -0.15) is 0 Å². The number of rotatable bonds is 2. The van der Waals surface area contributed by atoms with Gasteiger partial charge in [-0.15, -0.1) is 0 Å². The molecule has 0 amide bonds. The number of aryl methyl sites for hydroxylation is 1. The number of methoxy groups -OCH3 is 1. The maximum atomic E-state index is 5.27. The van der Waals surface area contributed by atoms with Gasteiger partial charge >= 0.3 is 6.07 Å². The van der Waals surface area contributed by atoms with Gasteiger partial charge in [-0.1, -0.05) is 4.85 Å². The molecular formula is C13H14IN2O+. The molecular weight excluding hydrogens is 327 g/mol. The minimum atomic E-state index is 0.876. The second-order valence-electron chi connectivity index (χ2n) is 3.63. The molecule has 0 saturated heterocycles. The average Bonchev–Trinajstić information content (AvgIpc) is 2.62. The summed E-state index contributed by atoms with van der Waals surface area (Å²) in [4.78, 5) is 4.01. The first kappa shape index (κ1) is 12.2. The molecule has 4 heteroatoms. The molecule has 0 aliphatic rings. The van der Waals surface area contributed by atoms with E-state index in [2.05, 4.69) is 57.1 Å². The first-order valence-corrected chi connectivity index (χ1v) is 6.51. The lowest BCUT2D eigenvalue weighted by molar-refractivity contribution is 0.415. The van der Waals surface area contributed by atoms with Gasteiger partial charge in [-0.05, 0) is 41.6 Å². The highest BCUT2D eigenvalue weighted by molar-refractivity contribution is 14.1. The van der Waals surface area contributed by atoms with Gasteiger partial charge in [0, 0.05) is 18.0 Å². The summed E-state index contributed by atoms with van der Waals surface area (Å²) in [5, 5.41) is 1.17. The van der Waals surface area contributed by atoms with E-state index in [-0.39, 0.29) is 0 Å². The molecule has 3 nitrogen and oxygen atoms in total. The Labute approximate surface area is 114 Å². The molecule has 2 aromatic rings.